The highest BCUT2D eigenvalue weighted by Gasteiger charge is 2.29. The van der Waals surface area contributed by atoms with Crippen molar-refractivity contribution in [2.24, 2.45) is 7.05 Å². The minimum atomic E-state index is 0.639. The van der Waals surface area contributed by atoms with E-state index < -0.39 is 0 Å². The first-order valence-corrected chi connectivity index (χ1v) is 12.9. The van der Waals surface area contributed by atoms with Crippen LogP contribution in [0.1, 0.15) is 48.3 Å². The minimum Gasteiger partial charge on any atom is -0.284 e. The zero-order valence-corrected chi connectivity index (χ0v) is 20.8. The summed E-state index contributed by atoms with van der Waals surface area (Å²) in [4.78, 5) is 7.35. The molecule has 3 aromatic heterocycles. The summed E-state index contributed by atoms with van der Waals surface area (Å²) < 4.78 is 4.06. The Kier molecular flexibility index (Phi) is 5.02. The Morgan fingerprint density at radius 2 is 1.86 bits per heavy atom. The van der Waals surface area contributed by atoms with Crippen molar-refractivity contribution in [3.8, 4) is 22.6 Å². The van der Waals surface area contributed by atoms with Gasteiger partial charge in [0.1, 0.15) is 5.82 Å². The van der Waals surface area contributed by atoms with Crippen LogP contribution in [-0.4, -0.2) is 52.7 Å². The van der Waals surface area contributed by atoms with Gasteiger partial charge in [0, 0.05) is 48.6 Å². The molecular formula is C28H30N8. The summed E-state index contributed by atoms with van der Waals surface area (Å²) in [5, 5.41) is 18.3. The first-order chi connectivity index (χ1) is 17.7. The van der Waals surface area contributed by atoms with Gasteiger partial charge in [-0.15, -0.1) is 0 Å². The number of nitrogens with zero attached hydrogens (tertiary/aromatic N) is 7. The number of aryl methyl sites for hydroxylation is 1. The second-order valence-corrected chi connectivity index (χ2v) is 10.1. The fraction of sp³-hybridized carbons (Fsp3) is 0.357. The van der Waals surface area contributed by atoms with Gasteiger partial charge in [0.05, 0.1) is 24.1 Å². The normalized spacial score (nSPS) is 16.1. The molecule has 1 aliphatic heterocycles. The van der Waals surface area contributed by atoms with Crippen LogP contribution in [0.4, 0.5) is 0 Å². The van der Waals surface area contributed by atoms with E-state index >= 15 is 0 Å². The highest BCUT2D eigenvalue weighted by Crippen LogP contribution is 2.45. The van der Waals surface area contributed by atoms with Crippen LogP contribution in [0.2, 0.25) is 0 Å². The summed E-state index contributed by atoms with van der Waals surface area (Å²) in [6, 6.07) is 15.1. The van der Waals surface area contributed by atoms with Gasteiger partial charge in [0.15, 0.2) is 5.82 Å². The Morgan fingerprint density at radius 3 is 2.67 bits per heavy atom. The lowest BCUT2D eigenvalue weighted by molar-refractivity contribution is 0.191. The quantitative estimate of drug-likeness (QED) is 0.388. The number of aromatic amines is 1. The lowest BCUT2D eigenvalue weighted by Gasteiger charge is -2.26. The van der Waals surface area contributed by atoms with Crippen LogP contribution in [0.25, 0.3) is 33.5 Å². The van der Waals surface area contributed by atoms with Crippen molar-refractivity contribution in [1.29, 1.82) is 0 Å². The molecule has 0 amide bonds. The van der Waals surface area contributed by atoms with Crippen LogP contribution in [0.5, 0.6) is 0 Å². The molecule has 1 N–H and O–H groups in total. The monoisotopic (exact) mass is 478 g/mol. The molecule has 2 aromatic carbocycles. The maximum atomic E-state index is 4.94. The fourth-order valence-electron chi connectivity index (χ4n) is 5.46. The van der Waals surface area contributed by atoms with Crippen molar-refractivity contribution in [1.82, 2.24) is 39.6 Å². The van der Waals surface area contributed by atoms with Crippen molar-refractivity contribution in [3.05, 3.63) is 71.3 Å². The Labute approximate surface area is 210 Å². The van der Waals surface area contributed by atoms with E-state index in [-0.39, 0.29) is 0 Å². The summed E-state index contributed by atoms with van der Waals surface area (Å²) in [6.07, 6.45) is 6.29. The average Bonchev–Trinajstić information content (AvgIpc) is 3.30. The van der Waals surface area contributed by atoms with E-state index in [9.17, 15) is 0 Å². The van der Waals surface area contributed by atoms with Crippen LogP contribution in [-0.2, 0) is 26.6 Å². The SMILES string of the molecule is CCN1CCc2cc(-c3ccc(-c4nc(Cc5ccc6[nH]ncc6c5C5CC5)n(C)n4)cc3)nn2C1. The van der Waals surface area contributed by atoms with E-state index in [1.54, 1.807) is 0 Å². The van der Waals surface area contributed by atoms with E-state index in [0.717, 1.165) is 66.6 Å². The van der Waals surface area contributed by atoms with Gasteiger partial charge in [0.25, 0.3) is 0 Å². The predicted octanol–water partition coefficient (Wildman–Crippen LogP) is 4.53. The average molecular weight is 479 g/mol. The Balaban J connectivity index is 1.14. The van der Waals surface area contributed by atoms with Gasteiger partial charge >= 0.3 is 0 Å². The van der Waals surface area contributed by atoms with Crippen LogP contribution < -0.4 is 0 Å². The maximum absolute atomic E-state index is 4.94. The molecule has 1 aliphatic carbocycles. The van der Waals surface area contributed by atoms with E-state index in [0.29, 0.717) is 5.92 Å². The molecule has 0 radical (unpaired) electrons. The molecule has 0 atom stereocenters. The molecule has 36 heavy (non-hydrogen) atoms. The maximum Gasteiger partial charge on any atom is 0.181 e. The zero-order chi connectivity index (χ0) is 24.2. The largest absolute Gasteiger partial charge is 0.284 e. The number of fused-ring (bicyclic) bond motifs is 2. The smallest absolute Gasteiger partial charge is 0.181 e. The number of likely N-dealkylation sites (N-methyl/N-ethyl adjacent to an activating group) is 1. The Morgan fingerprint density at radius 1 is 1.03 bits per heavy atom. The number of benzene rings is 2. The number of H-pyrrole nitrogens is 1. The topological polar surface area (TPSA) is 80.5 Å². The van der Waals surface area contributed by atoms with Gasteiger partial charge in [-0.3, -0.25) is 19.4 Å². The number of aromatic nitrogens is 7. The molecular weight excluding hydrogens is 448 g/mol. The van der Waals surface area contributed by atoms with Crippen molar-refractivity contribution in [2.75, 3.05) is 13.1 Å². The zero-order valence-electron chi connectivity index (χ0n) is 20.8. The fourth-order valence-corrected chi connectivity index (χ4v) is 5.46. The summed E-state index contributed by atoms with van der Waals surface area (Å²) in [5.74, 6) is 2.38. The third kappa shape index (κ3) is 3.73. The molecule has 0 spiro atoms. The van der Waals surface area contributed by atoms with E-state index in [2.05, 4.69) is 69.2 Å². The molecule has 0 saturated heterocycles. The van der Waals surface area contributed by atoms with Crippen molar-refractivity contribution in [2.45, 2.75) is 45.2 Å². The minimum absolute atomic E-state index is 0.639. The summed E-state index contributed by atoms with van der Waals surface area (Å²) in [6.45, 7) is 5.24. The molecule has 8 nitrogen and oxygen atoms in total. The van der Waals surface area contributed by atoms with Crippen LogP contribution >= 0.6 is 0 Å². The molecule has 2 aliphatic rings. The lowest BCUT2D eigenvalue weighted by Crippen LogP contribution is -2.34. The van der Waals surface area contributed by atoms with Gasteiger partial charge in [-0.1, -0.05) is 37.3 Å². The van der Waals surface area contributed by atoms with Gasteiger partial charge in [0.2, 0.25) is 0 Å². The number of hydrogen-bond donors (Lipinski definition) is 1. The number of hydrogen-bond acceptors (Lipinski definition) is 5. The van der Waals surface area contributed by atoms with Gasteiger partial charge < -0.3 is 0 Å². The lowest BCUT2D eigenvalue weighted by atomic mass is 9.96. The third-order valence-electron chi connectivity index (χ3n) is 7.71. The van der Waals surface area contributed by atoms with Crippen molar-refractivity contribution >= 4 is 10.9 Å². The molecule has 1 fully saturated rings. The molecule has 1 saturated carbocycles. The first-order valence-electron chi connectivity index (χ1n) is 12.9. The van der Waals surface area contributed by atoms with Crippen molar-refractivity contribution < 1.29 is 0 Å². The summed E-state index contributed by atoms with van der Waals surface area (Å²) >= 11 is 0. The number of nitrogens with one attached hydrogen (secondary N) is 1. The third-order valence-corrected chi connectivity index (χ3v) is 7.71. The second kappa shape index (κ2) is 8.41. The van der Waals surface area contributed by atoms with Crippen LogP contribution in [0.3, 0.4) is 0 Å². The van der Waals surface area contributed by atoms with Crippen molar-refractivity contribution in [3.63, 3.8) is 0 Å². The number of rotatable bonds is 6. The first kappa shape index (κ1) is 21.5. The van der Waals surface area contributed by atoms with Crippen LogP contribution in [0.15, 0.2) is 48.7 Å². The van der Waals surface area contributed by atoms with E-state index in [1.165, 1.54) is 35.0 Å². The predicted molar refractivity (Wildman–Crippen MR) is 139 cm³/mol. The molecule has 0 bridgehead atoms. The molecule has 4 heterocycles. The van der Waals surface area contributed by atoms with Gasteiger partial charge in [-0.05, 0) is 48.6 Å². The molecule has 0 unspecified atom stereocenters. The standard InChI is InChI=1S/C28H30N8/c1-3-35-13-12-22-15-25(32-36(22)17-35)18-4-8-20(9-5-18)28-30-26(34(2)33-28)14-21-10-11-24-23(16-29-31-24)27(21)19-6-7-19/h4-5,8-11,15-16,19H,3,6-7,12-14,17H2,1-2H3,(H,29,31). The molecule has 182 valence electrons. The molecule has 8 heteroatoms. The summed E-state index contributed by atoms with van der Waals surface area (Å²) in [7, 11) is 1.99. The highest BCUT2D eigenvalue weighted by atomic mass is 15.4. The van der Waals surface area contributed by atoms with E-state index in [1.807, 2.05) is 17.9 Å². The Hall–Kier alpha value is -3.78. The van der Waals surface area contributed by atoms with Gasteiger partial charge in [-0.2, -0.15) is 15.3 Å². The summed E-state index contributed by atoms with van der Waals surface area (Å²) in [5.41, 5.74) is 8.37. The molecule has 5 aromatic rings. The molecule has 7 rings (SSSR count). The Bertz CT molecular complexity index is 1550. The van der Waals surface area contributed by atoms with Gasteiger partial charge in [-0.25, -0.2) is 4.98 Å². The highest BCUT2D eigenvalue weighted by molar-refractivity contribution is 5.84. The van der Waals surface area contributed by atoms with Crippen LogP contribution in [0, 0.1) is 0 Å². The second-order valence-electron chi connectivity index (χ2n) is 10.1. The van der Waals surface area contributed by atoms with E-state index in [4.69, 9.17) is 15.2 Å².